The monoisotopic (exact) mass is 544 g/mol. The van der Waals surface area contributed by atoms with E-state index < -0.39 is 0 Å². The number of ketones is 1. The molecule has 0 amide bonds. The van der Waals surface area contributed by atoms with E-state index in [1.165, 1.54) is 0 Å². The standard InChI is InChI=1S/C34H40O6/c1-36-32-18-14-29(15-19-32)26-38-22-8-4-7-12-31(35)24-34(40-27-30-16-20-33(37-2)21-17-30)13-9-23-39-25-28-10-5-3-6-11-28/h3,5-6,10-11,14-21,34H,4,8-9,13,22-27H2,1-2H3/t34-/m1/s1. The fourth-order valence-corrected chi connectivity index (χ4v) is 3.95. The Morgan fingerprint density at radius 1 is 0.700 bits per heavy atom. The Morgan fingerprint density at radius 2 is 1.25 bits per heavy atom. The van der Waals surface area contributed by atoms with Crippen LogP contribution in [0.5, 0.6) is 11.5 Å². The van der Waals surface area contributed by atoms with Gasteiger partial charge >= 0.3 is 0 Å². The molecule has 0 bridgehead atoms. The van der Waals surface area contributed by atoms with Gasteiger partial charge in [0.25, 0.3) is 0 Å². The third kappa shape index (κ3) is 12.5. The Kier molecular flexibility index (Phi) is 14.4. The van der Waals surface area contributed by atoms with Crippen LogP contribution in [-0.2, 0) is 38.8 Å². The lowest BCUT2D eigenvalue weighted by Gasteiger charge is -2.17. The fourth-order valence-electron chi connectivity index (χ4n) is 3.95. The zero-order valence-electron chi connectivity index (χ0n) is 23.6. The maximum atomic E-state index is 12.6. The van der Waals surface area contributed by atoms with Gasteiger partial charge in [0.2, 0.25) is 5.78 Å². The molecular weight excluding hydrogens is 504 g/mol. The quantitative estimate of drug-likeness (QED) is 0.103. The van der Waals surface area contributed by atoms with E-state index in [0.29, 0.717) is 39.5 Å². The minimum atomic E-state index is -0.225. The second kappa shape index (κ2) is 18.6. The Bertz CT molecular complexity index is 1160. The fraction of sp³-hybridized carbons (Fsp3) is 0.382. The highest BCUT2D eigenvalue weighted by Gasteiger charge is 2.14. The molecule has 0 saturated carbocycles. The van der Waals surface area contributed by atoms with Crippen molar-refractivity contribution in [3.63, 3.8) is 0 Å². The van der Waals surface area contributed by atoms with Crippen LogP contribution in [0.25, 0.3) is 0 Å². The molecule has 0 radical (unpaired) electrons. The number of hydrogen-bond acceptors (Lipinski definition) is 6. The summed E-state index contributed by atoms with van der Waals surface area (Å²) in [4.78, 5) is 12.6. The predicted molar refractivity (Wildman–Crippen MR) is 156 cm³/mol. The average Bonchev–Trinajstić information content (AvgIpc) is 3.00. The summed E-state index contributed by atoms with van der Waals surface area (Å²) in [5.74, 6) is 7.30. The Balaban J connectivity index is 1.38. The lowest BCUT2D eigenvalue weighted by Crippen LogP contribution is -2.18. The number of rotatable bonds is 18. The molecule has 0 N–H and O–H groups in total. The van der Waals surface area contributed by atoms with Crippen LogP contribution in [-0.4, -0.2) is 39.3 Å². The number of carbonyl (C=O) groups excluding carboxylic acids is 1. The summed E-state index contributed by atoms with van der Waals surface area (Å²) in [6.45, 7) is 2.73. The van der Waals surface area contributed by atoms with E-state index in [0.717, 1.165) is 47.5 Å². The first kappa shape index (κ1) is 30.9. The first-order valence-corrected chi connectivity index (χ1v) is 13.7. The van der Waals surface area contributed by atoms with Crippen LogP contribution in [0.3, 0.4) is 0 Å². The lowest BCUT2D eigenvalue weighted by molar-refractivity contribution is -0.117. The normalized spacial score (nSPS) is 11.3. The van der Waals surface area contributed by atoms with Gasteiger partial charge in [0, 0.05) is 26.1 Å². The van der Waals surface area contributed by atoms with Gasteiger partial charge < -0.3 is 23.7 Å². The molecule has 3 rings (SSSR count). The van der Waals surface area contributed by atoms with E-state index in [1.807, 2.05) is 78.9 Å². The van der Waals surface area contributed by atoms with Crippen LogP contribution >= 0.6 is 0 Å². The smallest absolute Gasteiger partial charge is 0.208 e. The number of methoxy groups -OCH3 is 2. The molecule has 0 unspecified atom stereocenters. The van der Waals surface area contributed by atoms with E-state index in [4.69, 9.17) is 23.7 Å². The maximum absolute atomic E-state index is 12.6. The predicted octanol–water partition coefficient (Wildman–Crippen LogP) is 6.55. The molecule has 212 valence electrons. The molecule has 0 spiro atoms. The molecule has 0 saturated heterocycles. The summed E-state index contributed by atoms with van der Waals surface area (Å²) < 4.78 is 28.1. The molecule has 0 fully saturated rings. The number of Topliss-reactive ketones (excluding diaryl/α,β-unsaturated/α-hetero) is 1. The molecule has 0 aliphatic carbocycles. The number of ether oxygens (including phenoxy) is 5. The van der Waals surface area contributed by atoms with E-state index in [1.54, 1.807) is 14.2 Å². The van der Waals surface area contributed by atoms with Crippen molar-refractivity contribution in [2.75, 3.05) is 27.4 Å². The van der Waals surface area contributed by atoms with Gasteiger partial charge in [-0.2, -0.15) is 0 Å². The highest BCUT2D eigenvalue weighted by atomic mass is 16.5. The Morgan fingerprint density at radius 3 is 1.85 bits per heavy atom. The van der Waals surface area contributed by atoms with Crippen molar-refractivity contribution in [3.8, 4) is 23.3 Å². The van der Waals surface area contributed by atoms with Crippen LogP contribution in [0.1, 0.15) is 48.8 Å². The average molecular weight is 545 g/mol. The van der Waals surface area contributed by atoms with Gasteiger partial charge in [-0.3, -0.25) is 4.79 Å². The van der Waals surface area contributed by atoms with Crippen molar-refractivity contribution >= 4 is 5.78 Å². The van der Waals surface area contributed by atoms with Gasteiger partial charge in [-0.05, 0) is 66.1 Å². The number of carbonyl (C=O) groups is 1. The van der Waals surface area contributed by atoms with Crippen LogP contribution in [0.4, 0.5) is 0 Å². The number of unbranched alkanes of at least 4 members (excludes halogenated alkanes) is 1. The first-order chi connectivity index (χ1) is 19.7. The van der Waals surface area contributed by atoms with Gasteiger partial charge in [-0.15, -0.1) is 0 Å². The SMILES string of the molecule is COc1ccc(COCCCC#CC(=O)C[C@@H](CCCOCc2ccccc2)OCc2ccc(OC)cc2)cc1. The third-order valence-electron chi connectivity index (χ3n) is 6.23. The highest BCUT2D eigenvalue weighted by Crippen LogP contribution is 2.16. The summed E-state index contributed by atoms with van der Waals surface area (Å²) in [5, 5.41) is 0. The van der Waals surface area contributed by atoms with Crippen molar-refractivity contribution in [1.82, 2.24) is 0 Å². The molecule has 6 heteroatoms. The summed E-state index contributed by atoms with van der Waals surface area (Å²) in [5.41, 5.74) is 3.26. The van der Waals surface area contributed by atoms with Crippen LogP contribution < -0.4 is 9.47 Å². The molecule has 0 aromatic heterocycles. The molecule has 3 aromatic carbocycles. The highest BCUT2D eigenvalue weighted by molar-refractivity contribution is 5.95. The molecule has 0 aliphatic rings. The summed E-state index contributed by atoms with van der Waals surface area (Å²) in [6, 6.07) is 25.7. The van der Waals surface area contributed by atoms with E-state index in [9.17, 15) is 4.79 Å². The number of benzene rings is 3. The minimum absolute atomic E-state index is 0.107. The molecule has 6 nitrogen and oxygen atoms in total. The maximum Gasteiger partial charge on any atom is 0.208 e. The summed E-state index contributed by atoms with van der Waals surface area (Å²) >= 11 is 0. The van der Waals surface area contributed by atoms with Gasteiger partial charge in [-0.25, -0.2) is 0 Å². The second-order valence-electron chi connectivity index (χ2n) is 9.39. The topological polar surface area (TPSA) is 63.2 Å². The summed E-state index contributed by atoms with van der Waals surface area (Å²) in [6.07, 6.45) is 2.93. The largest absolute Gasteiger partial charge is 0.497 e. The van der Waals surface area contributed by atoms with E-state index in [-0.39, 0.29) is 18.3 Å². The molecular formula is C34H40O6. The first-order valence-electron chi connectivity index (χ1n) is 13.7. The molecule has 1 atom stereocenters. The van der Waals surface area contributed by atoms with Crippen molar-refractivity contribution in [3.05, 3.63) is 95.6 Å². The summed E-state index contributed by atoms with van der Waals surface area (Å²) in [7, 11) is 3.29. The zero-order valence-corrected chi connectivity index (χ0v) is 23.6. The van der Waals surface area contributed by atoms with E-state index in [2.05, 4.69) is 11.8 Å². The zero-order chi connectivity index (χ0) is 28.3. The number of hydrogen-bond donors (Lipinski definition) is 0. The minimum Gasteiger partial charge on any atom is -0.497 e. The Hall–Kier alpha value is -3.63. The lowest BCUT2D eigenvalue weighted by atomic mass is 10.1. The van der Waals surface area contributed by atoms with Crippen LogP contribution in [0.15, 0.2) is 78.9 Å². The van der Waals surface area contributed by atoms with Crippen molar-refractivity contribution < 1.29 is 28.5 Å². The van der Waals surface area contributed by atoms with Crippen molar-refractivity contribution in [2.24, 2.45) is 0 Å². The Labute approximate surface area is 238 Å². The van der Waals surface area contributed by atoms with Crippen LogP contribution in [0, 0.1) is 11.8 Å². The van der Waals surface area contributed by atoms with Gasteiger partial charge in [-0.1, -0.05) is 60.5 Å². The van der Waals surface area contributed by atoms with E-state index >= 15 is 0 Å². The molecule has 0 heterocycles. The van der Waals surface area contributed by atoms with Crippen molar-refractivity contribution in [2.45, 2.75) is 58.0 Å². The van der Waals surface area contributed by atoms with Crippen LogP contribution in [0.2, 0.25) is 0 Å². The van der Waals surface area contributed by atoms with Gasteiger partial charge in [0.05, 0.1) is 40.1 Å². The van der Waals surface area contributed by atoms with Gasteiger partial charge in [0.1, 0.15) is 11.5 Å². The third-order valence-corrected chi connectivity index (χ3v) is 6.23. The molecule has 40 heavy (non-hydrogen) atoms. The second-order valence-corrected chi connectivity index (χ2v) is 9.39. The van der Waals surface area contributed by atoms with Gasteiger partial charge in [0.15, 0.2) is 0 Å². The van der Waals surface area contributed by atoms with Crippen molar-refractivity contribution in [1.29, 1.82) is 0 Å². The molecule has 3 aromatic rings. The molecule has 0 aliphatic heterocycles.